The van der Waals surface area contributed by atoms with E-state index in [2.05, 4.69) is 16.6 Å². The Morgan fingerprint density at radius 2 is 1.93 bits per heavy atom. The Labute approximate surface area is 87.7 Å². The highest BCUT2D eigenvalue weighted by atomic mass is 16.4. The van der Waals surface area contributed by atoms with Gasteiger partial charge in [0.25, 0.3) is 0 Å². The van der Waals surface area contributed by atoms with Crippen LogP contribution in [0.2, 0.25) is 0 Å². The Balaban J connectivity index is 3.47. The van der Waals surface area contributed by atoms with Gasteiger partial charge in [0.2, 0.25) is 0 Å². The molecule has 0 saturated carbocycles. The van der Waals surface area contributed by atoms with Crippen LogP contribution in [0.15, 0.2) is 0 Å². The summed E-state index contributed by atoms with van der Waals surface area (Å²) in [7, 11) is 0. The Kier molecular flexibility index (Phi) is 6.76. The van der Waals surface area contributed by atoms with Crippen LogP contribution in [0.25, 0.3) is 0 Å². The van der Waals surface area contributed by atoms with E-state index in [0.717, 1.165) is 0 Å². The van der Waals surface area contributed by atoms with E-state index in [-0.39, 0.29) is 13.0 Å². The largest absolute Gasteiger partial charge is 0.479 e. The summed E-state index contributed by atoms with van der Waals surface area (Å²) in [6.07, 6.45) is 3.93. The number of rotatable bonds is 6. The molecule has 1 atom stereocenters. The average Bonchev–Trinajstić information content (AvgIpc) is 2.18. The van der Waals surface area contributed by atoms with Crippen molar-refractivity contribution in [2.75, 3.05) is 13.1 Å². The first-order valence-corrected chi connectivity index (χ1v) is 4.44. The second kappa shape index (κ2) is 7.64. The van der Waals surface area contributed by atoms with Crippen LogP contribution >= 0.6 is 0 Å². The highest BCUT2D eigenvalue weighted by molar-refractivity contribution is 5.74. The molecular formula is C9H14N2O4. The van der Waals surface area contributed by atoms with Crippen molar-refractivity contribution < 1.29 is 19.8 Å². The minimum Gasteiger partial charge on any atom is -0.479 e. The van der Waals surface area contributed by atoms with Gasteiger partial charge in [0, 0.05) is 25.9 Å². The molecule has 0 rings (SSSR count). The van der Waals surface area contributed by atoms with Gasteiger partial charge in [-0.2, -0.15) is 0 Å². The molecule has 0 bridgehead atoms. The Morgan fingerprint density at radius 3 is 2.47 bits per heavy atom. The lowest BCUT2D eigenvalue weighted by atomic mass is 10.2. The van der Waals surface area contributed by atoms with E-state index in [1.54, 1.807) is 0 Å². The monoisotopic (exact) mass is 214 g/mol. The average molecular weight is 214 g/mol. The molecule has 0 aliphatic carbocycles. The molecular weight excluding hydrogens is 200 g/mol. The number of hydrogen-bond acceptors (Lipinski definition) is 3. The van der Waals surface area contributed by atoms with Gasteiger partial charge >= 0.3 is 12.0 Å². The molecule has 84 valence electrons. The maximum absolute atomic E-state index is 10.9. The fourth-order valence-corrected chi connectivity index (χ4v) is 0.757. The molecule has 0 unspecified atom stereocenters. The molecule has 0 aromatic carbocycles. The number of aliphatic hydroxyl groups excluding tert-OH is 1. The van der Waals surface area contributed by atoms with Gasteiger partial charge in [-0.05, 0) is 0 Å². The number of terminal acetylenes is 1. The number of carbonyl (C=O) groups excluding carboxylic acids is 1. The standard InChI is InChI=1S/C9H14N2O4/c1-2-3-5-10-9(15)11-6-4-7(12)8(13)14/h1,7,12H,3-6H2,(H,13,14)(H2,10,11,15)/t7-/m0/s1. The minimum atomic E-state index is -1.45. The van der Waals surface area contributed by atoms with E-state index in [9.17, 15) is 9.59 Å². The predicted molar refractivity (Wildman–Crippen MR) is 53.1 cm³/mol. The zero-order valence-electron chi connectivity index (χ0n) is 8.19. The number of carboxylic acid groups (broad SMARTS) is 1. The summed E-state index contributed by atoms with van der Waals surface area (Å²) in [4.78, 5) is 21.1. The smallest absolute Gasteiger partial charge is 0.332 e. The first-order valence-electron chi connectivity index (χ1n) is 4.44. The normalized spacial score (nSPS) is 11.2. The van der Waals surface area contributed by atoms with E-state index in [4.69, 9.17) is 16.6 Å². The number of urea groups is 1. The van der Waals surface area contributed by atoms with Gasteiger partial charge in [-0.15, -0.1) is 12.3 Å². The van der Waals surface area contributed by atoms with Crippen molar-refractivity contribution in [1.82, 2.24) is 10.6 Å². The molecule has 0 aliphatic rings. The third-order valence-corrected chi connectivity index (χ3v) is 1.54. The second-order valence-electron chi connectivity index (χ2n) is 2.78. The summed E-state index contributed by atoms with van der Waals surface area (Å²) in [6, 6.07) is -0.428. The highest BCUT2D eigenvalue weighted by Crippen LogP contribution is 1.88. The molecule has 0 saturated heterocycles. The lowest BCUT2D eigenvalue weighted by molar-refractivity contribution is -0.146. The van der Waals surface area contributed by atoms with E-state index < -0.39 is 18.1 Å². The van der Waals surface area contributed by atoms with Crippen molar-refractivity contribution in [3.63, 3.8) is 0 Å². The molecule has 6 nitrogen and oxygen atoms in total. The third-order valence-electron chi connectivity index (χ3n) is 1.54. The topological polar surface area (TPSA) is 98.7 Å². The zero-order valence-corrected chi connectivity index (χ0v) is 8.19. The number of hydrogen-bond donors (Lipinski definition) is 4. The number of amides is 2. The minimum absolute atomic E-state index is 0.0299. The third kappa shape index (κ3) is 7.34. The summed E-state index contributed by atoms with van der Waals surface area (Å²) in [5.41, 5.74) is 0. The second-order valence-corrected chi connectivity index (χ2v) is 2.78. The Morgan fingerprint density at radius 1 is 1.33 bits per heavy atom. The zero-order chi connectivity index (χ0) is 11.7. The van der Waals surface area contributed by atoms with Crippen molar-refractivity contribution >= 4 is 12.0 Å². The first kappa shape index (κ1) is 13.3. The SMILES string of the molecule is C#CCCNC(=O)NCC[C@H](O)C(=O)O. The van der Waals surface area contributed by atoms with Crippen LogP contribution in [-0.4, -0.2) is 41.4 Å². The summed E-state index contributed by atoms with van der Waals surface area (Å²) < 4.78 is 0. The van der Waals surface area contributed by atoms with E-state index in [1.807, 2.05) is 0 Å². The van der Waals surface area contributed by atoms with Gasteiger partial charge in [0.05, 0.1) is 0 Å². The van der Waals surface area contributed by atoms with Gasteiger partial charge in [-0.3, -0.25) is 0 Å². The highest BCUT2D eigenvalue weighted by Gasteiger charge is 2.12. The number of carbonyl (C=O) groups is 2. The molecule has 0 radical (unpaired) electrons. The summed E-state index contributed by atoms with van der Waals surface area (Å²) in [5, 5.41) is 22.0. The van der Waals surface area contributed by atoms with Crippen LogP contribution in [0.3, 0.4) is 0 Å². The Bertz CT molecular complexity index is 259. The molecule has 0 spiro atoms. The van der Waals surface area contributed by atoms with Crippen molar-refractivity contribution in [1.29, 1.82) is 0 Å². The van der Waals surface area contributed by atoms with Crippen LogP contribution in [-0.2, 0) is 4.79 Å². The fraction of sp³-hybridized carbons (Fsp3) is 0.556. The van der Waals surface area contributed by atoms with Crippen molar-refractivity contribution in [3.05, 3.63) is 0 Å². The predicted octanol–water partition coefficient (Wildman–Crippen LogP) is -0.856. The molecule has 0 aliphatic heterocycles. The van der Waals surface area contributed by atoms with Gasteiger partial charge in [-0.25, -0.2) is 9.59 Å². The van der Waals surface area contributed by atoms with Crippen LogP contribution < -0.4 is 10.6 Å². The van der Waals surface area contributed by atoms with Gasteiger partial charge < -0.3 is 20.8 Å². The number of aliphatic hydroxyl groups is 1. The van der Waals surface area contributed by atoms with Crippen molar-refractivity contribution in [2.24, 2.45) is 0 Å². The fourth-order valence-electron chi connectivity index (χ4n) is 0.757. The molecule has 4 N–H and O–H groups in total. The molecule has 6 heteroatoms. The van der Waals surface area contributed by atoms with Gasteiger partial charge in [0.15, 0.2) is 6.10 Å². The summed E-state index contributed by atoms with van der Waals surface area (Å²) >= 11 is 0. The summed E-state index contributed by atoms with van der Waals surface area (Å²) in [5.74, 6) is 1.05. The summed E-state index contributed by atoms with van der Waals surface area (Å²) in [6.45, 7) is 0.458. The lowest BCUT2D eigenvalue weighted by Gasteiger charge is -2.07. The molecule has 2 amide bonds. The first-order chi connectivity index (χ1) is 7.07. The van der Waals surface area contributed by atoms with Crippen LogP contribution in [0.4, 0.5) is 4.79 Å². The van der Waals surface area contributed by atoms with E-state index >= 15 is 0 Å². The van der Waals surface area contributed by atoms with Crippen LogP contribution in [0.5, 0.6) is 0 Å². The van der Waals surface area contributed by atoms with Gasteiger partial charge in [0.1, 0.15) is 0 Å². The molecule has 0 aromatic rings. The number of carboxylic acids is 1. The van der Waals surface area contributed by atoms with Crippen molar-refractivity contribution in [3.8, 4) is 12.3 Å². The molecule has 0 heterocycles. The maximum atomic E-state index is 10.9. The maximum Gasteiger partial charge on any atom is 0.332 e. The van der Waals surface area contributed by atoms with Crippen LogP contribution in [0, 0.1) is 12.3 Å². The number of nitrogens with one attached hydrogen (secondary N) is 2. The quantitative estimate of drug-likeness (QED) is 0.341. The van der Waals surface area contributed by atoms with E-state index in [1.165, 1.54) is 0 Å². The lowest BCUT2D eigenvalue weighted by Crippen LogP contribution is -2.38. The van der Waals surface area contributed by atoms with Crippen molar-refractivity contribution in [2.45, 2.75) is 18.9 Å². The molecule has 0 aromatic heterocycles. The molecule has 0 fully saturated rings. The van der Waals surface area contributed by atoms with Gasteiger partial charge in [-0.1, -0.05) is 0 Å². The van der Waals surface area contributed by atoms with Crippen LogP contribution in [0.1, 0.15) is 12.8 Å². The van der Waals surface area contributed by atoms with E-state index in [0.29, 0.717) is 13.0 Å². The molecule has 15 heavy (non-hydrogen) atoms. The number of aliphatic carboxylic acids is 1. The Hall–Kier alpha value is -1.74.